The number of nitrogens with zero attached hydrogens (tertiary/aromatic N) is 1. The second-order valence-corrected chi connectivity index (χ2v) is 7.79. The van der Waals surface area contributed by atoms with Crippen LogP contribution in [0.25, 0.3) is 11.1 Å². The number of carbonyl (C=O) groups is 3. The highest BCUT2D eigenvalue weighted by molar-refractivity contribution is 6.32. The number of amides is 3. The van der Waals surface area contributed by atoms with Crippen LogP contribution in [0.2, 0.25) is 5.02 Å². The highest BCUT2D eigenvalue weighted by Crippen LogP contribution is 2.30. The minimum atomic E-state index is -0.724. The Morgan fingerprint density at radius 3 is 2.51 bits per heavy atom. The van der Waals surface area contributed by atoms with Crippen LogP contribution in [0.5, 0.6) is 5.75 Å². The largest absolute Gasteiger partial charge is 0.495 e. The first-order valence-electron chi connectivity index (χ1n) is 10.5. The molecule has 0 saturated heterocycles. The molecule has 0 radical (unpaired) electrons. The maximum Gasteiger partial charge on any atom is 0.245 e. The zero-order valence-electron chi connectivity index (χ0n) is 19.0. The number of anilines is 2. The Bertz CT molecular complexity index is 1280. The number of hydrogen-bond acceptors (Lipinski definition) is 4. The number of ether oxygens (including phenoxy) is 1. The predicted molar refractivity (Wildman–Crippen MR) is 134 cm³/mol. The summed E-state index contributed by atoms with van der Waals surface area (Å²) in [6.07, 6.45) is 2.81. The molecular weight excluding hydrogens is 473 g/mol. The number of hydrogen-bond donors (Lipinski definition) is 2. The third-order valence-electron chi connectivity index (χ3n) is 5.05. The minimum absolute atomic E-state index is 0.0221. The van der Waals surface area contributed by atoms with Gasteiger partial charge in [0.2, 0.25) is 18.2 Å². The van der Waals surface area contributed by atoms with Crippen molar-refractivity contribution in [3.8, 4) is 16.9 Å². The van der Waals surface area contributed by atoms with Crippen LogP contribution in [0.1, 0.15) is 5.56 Å². The number of carbonyl (C=O) groups excluding carboxylic acids is 3. The molecule has 2 N–H and O–H groups in total. The van der Waals surface area contributed by atoms with Crippen molar-refractivity contribution in [3.05, 3.63) is 89.3 Å². The molecule has 0 aliphatic carbocycles. The molecule has 3 rings (SSSR count). The molecule has 0 spiro atoms. The molecule has 0 bridgehead atoms. The van der Waals surface area contributed by atoms with Gasteiger partial charge in [-0.25, -0.2) is 4.39 Å². The van der Waals surface area contributed by atoms with Crippen molar-refractivity contribution in [2.75, 3.05) is 24.4 Å². The van der Waals surface area contributed by atoms with Crippen molar-refractivity contribution in [3.63, 3.8) is 0 Å². The first kappa shape index (κ1) is 25.5. The van der Waals surface area contributed by atoms with Crippen LogP contribution in [0, 0.1) is 5.82 Å². The zero-order chi connectivity index (χ0) is 25.4. The third kappa shape index (κ3) is 6.68. The van der Waals surface area contributed by atoms with Crippen LogP contribution in [-0.2, 0) is 20.8 Å². The van der Waals surface area contributed by atoms with Gasteiger partial charge in [0.15, 0.2) is 0 Å². The Labute approximate surface area is 207 Å². The van der Waals surface area contributed by atoms with Gasteiger partial charge in [0.05, 0.1) is 29.9 Å². The Balaban J connectivity index is 1.70. The summed E-state index contributed by atoms with van der Waals surface area (Å²) in [6, 6.07) is 16.7. The van der Waals surface area contributed by atoms with E-state index in [4.69, 9.17) is 16.3 Å². The van der Waals surface area contributed by atoms with Gasteiger partial charge in [-0.2, -0.15) is 0 Å². The third-order valence-corrected chi connectivity index (χ3v) is 5.34. The van der Waals surface area contributed by atoms with Crippen LogP contribution >= 0.6 is 11.6 Å². The fourth-order valence-corrected chi connectivity index (χ4v) is 3.52. The lowest BCUT2D eigenvalue weighted by Crippen LogP contribution is -2.19. The molecule has 0 fully saturated rings. The van der Waals surface area contributed by atoms with Gasteiger partial charge in [-0.3, -0.25) is 19.3 Å². The van der Waals surface area contributed by atoms with Crippen molar-refractivity contribution in [1.82, 2.24) is 5.32 Å². The molecule has 180 valence electrons. The lowest BCUT2D eigenvalue weighted by Gasteiger charge is -2.14. The van der Waals surface area contributed by atoms with Crippen LogP contribution in [-0.4, -0.2) is 32.4 Å². The molecule has 9 heteroatoms. The van der Waals surface area contributed by atoms with Gasteiger partial charge >= 0.3 is 0 Å². The quantitative estimate of drug-likeness (QED) is 0.336. The summed E-state index contributed by atoms with van der Waals surface area (Å²) in [7, 11) is 2.99. The lowest BCUT2D eigenvalue weighted by atomic mass is 10.0. The minimum Gasteiger partial charge on any atom is -0.495 e. The molecule has 3 aromatic carbocycles. The highest BCUT2D eigenvalue weighted by Gasteiger charge is 2.12. The van der Waals surface area contributed by atoms with E-state index in [0.29, 0.717) is 17.2 Å². The molecule has 0 unspecified atom stereocenters. The van der Waals surface area contributed by atoms with Crippen molar-refractivity contribution >= 4 is 41.2 Å². The molecule has 0 aliphatic heterocycles. The molecule has 3 aromatic rings. The smallest absolute Gasteiger partial charge is 0.245 e. The molecule has 35 heavy (non-hydrogen) atoms. The van der Waals surface area contributed by atoms with E-state index in [2.05, 4.69) is 10.6 Å². The van der Waals surface area contributed by atoms with E-state index in [1.54, 1.807) is 25.3 Å². The van der Waals surface area contributed by atoms with Crippen molar-refractivity contribution in [2.24, 2.45) is 0 Å². The highest BCUT2D eigenvalue weighted by atomic mass is 35.5. The summed E-state index contributed by atoms with van der Waals surface area (Å²) in [6.45, 7) is 0. The number of halogens is 2. The molecule has 0 aromatic heterocycles. The zero-order valence-corrected chi connectivity index (χ0v) is 19.8. The van der Waals surface area contributed by atoms with Crippen LogP contribution in [0.15, 0.2) is 72.9 Å². The van der Waals surface area contributed by atoms with E-state index >= 15 is 0 Å². The summed E-state index contributed by atoms with van der Waals surface area (Å²) in [4.78, 5) is 36.2. The van der Waals surface area contributed by atoms with Crippen molar-refractivity contribution in [2.45, 2.75) is 6.42 Å². The van der Waals surface area contributed by atoms with E-state index < -0.39 is 17.6 Å². The molecule has 0 heterocycles. The maximum atomic E-state index is 14.6. The van der Waals surface area contributed by atoms with Crippen molar-refractivity contribution < 1.29 is 23.5 Å². The van der Waals surface area contributed by atoms with Gasteiger partial charge in [0.1, 0.15) is 11.6 Å². The second-order valence-electron chi connectivity index (χ2n) is 7.38. The SMILES string of the molecule is CNC(=O)/C=C\N(C=O)c1ccc(NC(=O)Cc2cccc(-c3ccc(OC)c(Cl)c3)c2)c(F)c1. The van der Waals surface area contributed by atoms with Crippen LogP contribution < -0.4 is 20.3 Å². The molecule has 0 atom stereocenters. The summed E-state index contributed by atoms with van der Waals surface area (Å²) in [5.74, 6) is -0.982. The van der Waals surface area contributed by atoms with Gasteiger partial charge < -0.3 is 15.4 Å². The first-order valence-corrected chi connectivity index (χ1v) is 10.9. The second kappa shape index (κ2) is 11.8. The summed E-state index contributed by atoms with van der Waals surface area (Å²) >= 11 is 6.22. The van der Waals surface area contributed by atoms with Crippen molar-refractivity contribution in [1.29, 1.82) is 0 Å². The Morgan fingerprint density at radius 2 is 1.86 bits per heavy atom. The average Bonchev–Trinajstić information content (AvgIpc) is 2.85. The normalized spacial score (nSPS) is 10.6. The fraction of sp³-hybridized carbons (Fsp3) is 0.115. The van der Waals surface area contributed by atoms with Gasteiger partial charge in [-0.1, -0.05) is 41.9 Å². The number of benzene rings is 3. The predicted octanol–water partition coefficient (Wildman–Crippen LogP) is 4.56. The van der Waals surface area contributed by atoms with Crippen LogP contribution in [0.4, 0.5) is 15.8 Å². The Morgan fingerprint density at radius 1 is 1.09 bits per heavy atom. The molecule has 7 nitrogen and oxygen atoms in total. The van der Waals surface area contributed by atoms with Gasteiger partial charge in [0, 0.05) is 25.4 Å². The fourth-order valence-electron chi connectivity index (χ4n) is 3.27. The van der Waals surface area contributed by atoms with E-state index in [0.717, 1.165) is 33.7 Å². The summed E-state index contributed by atoms with van der Waals surface area (Å²) in [5.41, 5.74) is 2.63. The number of methoxy groups -OCH3 is 1. The maximum absolute atomic E-state index is 14.6. The van der Waals surface area contributed by atoms with Gasteiger partial charge in [-0.15, -0.1) is 0 Å². The molecule has 0 saturated carbocycles. The lowest BCUT2D eigenvalue weighted by molar-refractivity contribution is -0.116. The topological polar surface area (TPSA) is 87.7 Å². The summed E-state index contributed by atoms with van der Waals surface area (Å²) in [5, 5.41) is 5.40. The molecule has 0 aliphatic rings. The van der Waals surface area contributed by atoms with E-state index in [1.165, 1.54) is 25.4 Å². The number of rotatable bonds is 9. The van der Waals surface area contributed by atoms with Gasteiger partial charge in [-0.05, 0) is 41.0 Å². The Kier molecular flexibility index (Phi) is 8.58. The van der Waals surface area contributed by atoms with E-state index in [-0.39, 0.29) is 17.8 Å². The van der Waals surface area contributed by atoms with Gasteiger partial charge in [0.25, 0.3) is 0 Å². The monoisotopic (exact) mass is 495 g/mol. The first-order chi connectivity index (χ1) is 16.8. The summed E-state index contributed by atoms with van der Waals surface area (Å²) < 4.78 is 19.8. The average molecular weight is 496 g/mol. The van der Waals surface area contributed by atoms with Crippen LogP contribution in [0.3, 0.4) is 0 Å². The molecular formula is C26H23ClFN3O4. The van der Waals surface area contributed by atoms with E-state index in [1.807, 2.05) is 24.3 Å². The Hall–Kier alpha value is -4.17. The number of likely N-dealkylation sites (N-methyl/N-ethyl adjacent to an activating group) is 1. The standard InChI is InChI=1S/C26H23ClFN3O4/c1-29-25(33)10-11-31(16-32)20-7-8-23(22(28)15-20)30-26(34)13-17-4-3-5-18(12-17)19-6-9-24(35-2)21(27)14-19/h3-12,14-16H,13H2,1-2H3,(H,29,33)(H,30,34)/b11-10-. The van der Waals surface area contributed by atoms with E-state index in [9.17, 15) is 18.8 Å². The number of nitrogens with one attached hydrogen (secondary N) is 2. The molecule has 3 amide bonds.